The number of benzene rings is 2. The van der Waals surface area contributed by atoms with E-state index in [1.165, 1.54) is 30.5 Å². The first-order valence-corrected chi connectivity index (χ1v) is 11.9. The Morgan fingerprint density at radius 3 is 2.29 bits per heavy atom. The quantitative estimate of drug-likeness (QED) is 0.263. The minimum absolute atomic E-state index is 0. The molecule has 0 saturated carbocycles. The van der Waals surface area contributed by atoms with Crippen LogP contribution >= 0.6 is 24.0 Å². The van der Waals surface area contributed by atoms with Gasteiger partial charge in [0.05, 0.1) is 10.9 Å². The van der Waals surface area contributed by atoms with Crippen molar-refractivity contribution in [2.75, 3.05) is 33.2 Å². The van der Waals surface area contributed by atoms with Crippen molar-refractivity contribution in [2.24, 2.45) is 10.1 Å². The number of hydrogen-bond acceptors (Lipinski definition) is 4. The van der Waals surface area contributed by atoms with Crippen LogP contribution in [-0.4, -0.2) is 52.5 Å². The number of hydrogen-bond donors (Lipinski definition) is 3. The summed E-state index contributed by atoms with van der Waals surface area (Å²) in [5.41, 5.74) is 2.35. The largest absolute Gasteiger partial charge is 0.356 e. The summed E-state index contributed by atoms with van der Waals surface area (Å²) in [5, 5.41) is 11.9. The smallest absolute Gasteiger partial charge is 0.238 e. The second-order valence-corrected chi connectivity index (χ2v) is 9.05. The number of likely N-dealkylation sites (tertiary alicyclic amines) is 1. The lowest BCUT2D eigenvalue weighted by Crippen LogP contribution is -2.43. The molecule has 1 aliphatic heterocycles. The van der Waals surface area contributed by atoms with Gasteiger partial charge in [0.15, 0.2) is 5.96 Å². The van der Waals surface area contributed by atoms with E-state index >= 15 is 0 Å². The molecule has 31 heavy (non-hydrogen) atoms. The fourth-order valence-electron chi connectivity index (χ4n) is 3.77. The molecule has 2 aromatic carbocycles. The van der Waals surface area contributed by atoms with Gasteiger partial charge in [-0.05, 0) is 55.6 Å². The van der Waals surface area contributed by atoms with E-state index in [1.807, 2.05) is 6.07 Å². The van der Waals surface area contributed by atoms with Gasteiger partial charge in [-0.25, -0.2) is 13.6 Å². The van der Waals surface area contributed by atoms with Crippen LogP contribution in [-0.2, 0) is 16.4 Å². The monoisotopic (exact) mass is 557 g/mol. The number of aliphatic imine (C=N–C) groups is 1. The van der Waals surface area contributed by atoms with Crippen LogP contribution < -0.4 is 15.8 Å². The zero-order valence-corrected chi connectivity index (χ0v) is 21.0. The van der Waals surface area contributed by atoms with E-state index in [4.69, 9.17) is 5.14 Å². The predicted octanol–water partition coefficient (Wildman–Crippen LogP) is 2.50. The van der Waals surface area contributed by atoms with Crippen molar-refractivity contribution in [1.29, 1.82) is 0 Å². The van der Waals surface area contributed by atoms with Gasteiger partial charge in [0, 0.05) is 20.1 Å². The molecule has 0 radical (unpaired) electrons. The molecular weight excluding hydrogens is 525 g/mol. The van der Waals surface area contributed by atoms with Gasteiger partial charge < -0.3 is 10.6 Å². The Kier molecular flexibility index (Phi) is 10.2. The van der Waals surface area contributed by atoms with E-state index in [9.17, 15) is 8.42 Å². The number of nitrogens with two attached hydrogens (primary N) is 1. The second kappa shape index (κ2) is 12.4. The van der Waals surface area contributed by atoms with Crippen LogP contribution in [0.2, 0.25) is 0 Å². The molecule has 0 spiro atoms. The van der Waals surface area contributed by atoms with Crippen molar-refractivity contribution in [1.82, 2.24) is 15.5 Å². The molecule has 0 aliphatic carbocycles. The summed E-state index contributed by atoms with van der Waals surface area (Å²) in [6.07, 6.45) is 3.25. The van der Waals surface area contributed by atoms with Crippen molar-refractivity contribution in [3.8, 4) is 0 Å². The van der Waals surface area contributed by atoms with Crippen LogP contribution in [0.1, 0.15) is 30.0 Å². The lowest BCUT2D eigenvalue weighted by Gasteiger charge is -2.29. The van der Waals surface area contributed by atoms with Crippen LogP contribution in [0.5, 0.6) is 0 Å². The second-order valence-electron chi connectivity index (χ2n) is 7.49. The molecule has 0 bridgehead atoms. The Hall–Kier alpha value is -1.69. The first-order chi connectivity index (χ1) is 14.5. The highest BCUT2D eigenvalue weighted by atomic mass is 127. The third kappa shape index (κ3) is 7.74. The molecule has 1 saturated heterocycles. The third-order valence-electron chi connectivity index (χ3n) is 5.41. The molecule has 0 aromatic heterocycles. The lowest BCUT2D eigenvalue weighted by molar-refractivity contribution is 0.245. The van der Waals surface area contributed by atoms with Crippen LogP contribution in [0.3, 0.4) is 0 Å². The highest BCUT2D eigenvalue weighted by molar-refractivity contribution is 14.0. The molecule has 170 valence electrons. The van der Waals surface area contributed by atoms with Crippen molar-refractivity contribution < 1.29 is 8.42 Å². The average molecular weight is 558 g/mol. The Morgan fingerprint density at radius 2 is 1.71 bits per heavy atom. The number of rotatable bonds is 8. The van der Waals surface area contributed by atoms with Crippen LogP contribution in [0.25, 0.3) is 0 Å². The molecule has 9 heteroatoms. The Balaban J connectivity index is 0.00000341. The van der Waals surface area contributed by atoms with Crippen molar-refractivity contribution >= 4 is 40.0 Å². The lowest BCUT2D eigenvalue weighted by atomic mass is 10.1. The normalized spacial score (nSPS) is 15.9. The summed E-state index contributed by atoms with van der Waals surface area (Å²) in [5.74, 6) is 0.760. The fourth-order valence-corrected chi connectivity index (χ4v) is 4.29. The summed E-state index contributed by atoms with van der Waals surface area (Å²) in [7, 11) is -1.88. The Labute approximate surface area is 202 Å². The SMILES string of the molecule is CN=C(NCCc1ccc(S(N)(=O)=O)cc1)NCC(c1ccccc1)N1CCCC1.I. The molecule has 3 rings (SSSR count). The average Bonchev–Trinajstić information content (AvgIpc) is 3.27. The van der Waals surface area contributed by atoms with E-state index in [-0.39, 0.29) is 28.9 Å². The topological polar surface area (TPSA) is 99.8 Å². The molecule has 1 aliphatic rings. The van der Waals surface area contributed by atoms with Crippen molar-refractivity contribution in [3.63, 3.8) is 0 Å². The standard InChI is InChI=1S/C22H31N5O2S.HI/c1-24-22(25-14-13-18-9-11-20(12-10-18)30(23,28)29)26-17-21(27-15-5-6-16-27)19-7-3-2-4-8-19;/h2-4,7-12,21H,5-6,13-17H2,1H3,(H2,23,28,29)(H2,24,25,26);1H. The maximum atomic E-state index is 11.3. The molecule has 1 unspecified atom stereocenters. The van der Waals surface area contributed by atoms with Crippen LogP contribution in [0, 0.1) is 0 Å². The highest BCUT2D eigenvalue weighted by Crippen LogP contribution is 2.24. The number of primary sulfonamides is 1. The summed E-state index contributed by atoms with van der Waals surface area (Å²) < 4.78 is 22.7. The molecule has 1 heterocycles. The molecule has 1 atom stereocenters. The Morgan fingerprint density at radius 1 is 1.06 bits per heavy atom. The molecular formula is C22H32IN5O2S. The van der Waals surface area contributed by atoms with Gasteiger partial charge in [-0.1, -0.05) is 42.5 Å². The molecule has 1 fully saturated rings. The maximum absolute atomic E-state index is 11.3. The Bertz CT molecular complexity index is 930. The summed E-state index contributed by atoms with van der Waals surface area (Å²) in [4.78, 5) is 7.00. The van der Waals surface area contributed by atoms with E-state index < -0.39 is 10.0 Å². The number of guanidine groups is 1. The number of halogens is 1. The van der Waals surface area contributed by atoms with Gasteiger partial charge in [0.2, 0.25) is 10.0 Å². The van der Waals surface area contributed by atoms with E-state index in [1.54, 1.807) is 19.2 Å². The molecule has 2 aromatic rings. The first-order valence-electron chi connectivity index (χ1n) is 10.3. The van der Waals surface area contributed by atoms with Crippen molar-refractivity contribution in [2.45, 2.75) is 30.2 Å². The number of nitrogens with zero attached hydrogens (tertiary/aromatic N) is 2. The maximum Gasteiger partial charge on any atom is 0.238 e. The molecule has 7 nitrogen and oxygen atoms in total. The van der Waals surface area contributed by atoms with Gasteiger partial charge >= 0.3 is 0 Å². The fraction of sp³-hybridized carbons (Fsp3) is 0.409. The third-order valence-corrected chi connectivity index (χ3v) is 6.34. The van der Waals surface area contributed by atoms with Gasteiger partial charge in [-0.3, -0.25) is 9.89 Å². The van der Waals surface area contributed by atoms with Gasteiger partial charge in [-0.2, -0.15) is 0 Å². The minimum Gasteiger partial charge on any atom is -0.356 e. The van der Waals surface area contributed by atoms with E-state index in [2.05, 4.69) is 44.8 Å². The number of nitrogens with one attached hydrogen (secondary N) is 2. The number of sulfonamides is 1. The van der Waals surface area contributed by atoms with Crippen LogP contribution in [0.15, 0.2) is 64.5 Å². The zero-order chi connectivity index (χ0) is 21.4. The van der Waals surface area contributed by atoms with Crippen LogP contribution in [0.4, 0.5) is 0 Å². The first kappa shape index (κ1) is 25.6. The predicted molar refractivity (Wildman–Crippen MR) is 136 cm³/mol. The van der Waals surface area contributed by atoms with Gasteiger partial charge in [0.1, 0.15) is 0 Å². The van der Waals surface area contributed by atoms with Crippen molar-refractivity contribution in [3.05, 3.63) is 65.7 Å². The summed E-state index contributed by atoms with van der Waals surface area (Å²) in [6.45, 7) is 3.73. The van der Waals surface area contributed by atoms with Gasteiger partial charge in [-0.15, -0.1) is 24.0 Å². The summed E-state index contributed by atoms with van der Waals surface area (Å²) >= 11 is 0. The van der Waals surface area contributed by atoms with Gasteiger partial charge in [0.25, 0.3) is 0 Å². The van der Waals surface area contributed by atoms with E-state index in [0.29, 0.717) is 12.6 Å². The highest BCUT2D eigenvalue weighted by Gasteiger charge is 2.23. The molecule has 0 amide bonds. The minimum atomic E-state index is -3.65. The zero-order valence-electron chi connectivity index (χ0n) is 17.8. The van der Waals surface area contributed by atoms with E-state index in [0.717, 1.165) is 37.6 Å². The summed E-state index contributed by atoms with van der Waals surface area (Å²) in [6, 6.07) is 17.6. The molecule has 4 N–H and O–H groups in total.